The Morgan fingerprint density at radius 2 is 1.59 bits per heavy atom. The largest absolute Gasteiger partial charge is 0.326 e. The summed E-state index contributed by atoms with van der Waals surface area (Å²) in [4.78, 5) is 24.9. The van der Waals surface area contributed by atoms with Crippen LogP contribution in [0.4, 0.5) is 17.1 Å². The maximum absolute atomic E-state index is 13.4. The number of carbonyl (C=O) groups is 2. The summed E-state index contributed by atoms with van der Waals surface area (Å²) in [5, 5.41) is 5.57. The van der Waals surface area contributed by atoms with E-state index >= 15 is 0 Å². The molecule has 0 aromatic heterocycles. The number of sulfonamides is 1. The Balaban J connectivity index is 1.55. The van der Waals surface area contributed by atoms with Crippen molar-refractivity contribution in [3.05, 3.63) is 83.9 Å². The van der Waals surface area contributed by atoms with Gasteiger partial charge in [-0.3, -0.25) is 13.9 Å². The molecule has 0 radical (unpaired) electrons. The molecule has 7 nitrogen and oxygen atoms in total. The highest BCUT2D eigenvalue weighted by atomic mass is 32.2. The van der Waals surface area contributed by atoms with Crippen molar-refractivity contribution in [3.63, 3.8) is 0 Å². The number of amides is 2. The molecule has 2 N–H and O–H groups in total. The summed E-state index contributed by atoms with van der Waals surface area (Å²) in [6.45, 7) is 3.99. The van der Waals surface area contributed by atoms with E-state index in [1.54, 1.807) is 50.2 Å². The van der Waals surface area contributed by atoms with Crippen molar-refractivity contribution in [1.82, 2.24) is 0 Å². The van der Waals surface area contributed by atoms with Crippen LogP contribution in [0.1, 0.15) is 36.2 Å². The van der Waals surface area contributed by atoms with Gasteiger partial charge in [-0.2, -0.15) is 0 Å². The first kappa shape index (κ1) is 23.5. The lowest BCUT2D eigenvalue weighted by Crippen LogP contribution is -2.35. The van der Waals surface area contributed by atoms with Crippen LogP contribution in [0, 0.1) is 5.92 Å². The molecule has 3 aromatic rings. The van der Waals surface area contributed by atoms with Crippen molar-refractivity contribution >= 4 is 38.9 Å². The average molecular weight is 478 g/mol. The molecule has 0 saturated carbocycles. The standard InChI is InChI=1S/C26H27N3O4S/c1-18(2)25(30)27-21-11-6-12-22(17-21)28-26(31)20-9-5-13-23(16-20)34(32,33)29-15-7-10-19-8-3-4-14-24(19)29/h3-6,8-9,11-14,16-18H,7,10,15H2,1-2H3,(H,27,30)(H,28,31). The van der Waals surface area contributed by atoms with Gasteiger partial charge < -0.3 is 10.6 Å². The summed E-state index contributed by atoms with van der Waals surface area (Å²) < 4.78 is 28.3. The number of aryl methyl sites for hydroxylation is 1. The lowest BCUT2D eigenvalue weighted by atomic mass is 10.0. The molecule has 3 aromatic carbocycles. The Kier molecular flexibility index (Phi) is 6.70. The van der Waals surface area contributed by atoms with Crippen molar-refractivity contribution in [2.75, 3.05) is 21.5 Å². The number of carbonyl (C=O) groups excluding carboxylic acids is 2. The van der Waals surface area contributed by atoms with Crippen LogP contribution in [0.25, 0.3) is 0 Å². The maximum atomic E-state index is 13.4. The molecule has 0 fully saturated rings. The van der Waals surface area contributed by atoms with Crippen LogP contribution in [0.2, 0.25) is 0 Å². The molecule has 1 aliphatic heterocycles. The maximum Gasteiger partial charge on any atom is 0.264 e. The molecule has 0 aliphatic carbocycles. The number of hydrogen-bond donors (Lipinski definition) is 2. The van der Waals surface area contributed by atoms with Gasteiger partial charge in [0.05, 0.1) is 10.6 Å². The zero-order valence-corrected chi connectivity index (χ0v) is 19.9. The highest BCUT2D eigenvalue weighted by Gasteiger charge is 2.29. The summed E-state index contributed by atoms with van der Waals surface area (Å²) >= 11 is 0. The van der Waals surface area contributed by atoms with E-state index < -0.39 is 15.9 Å². The molecule has 0 unspecified atom stereocenters. The van der Waals surface area contributed by atoms with Gasteiger partial charge >= 0.3 is 0 Å². The number of benzene rings is 3. The molecule has 176 valence electrons. The Hall–Kier alpha value is -3.65. The first-order chi connectivity index (χ1) is 16.3. The Morgan fingerprint density at radius 3 is 2.35 bits per heavy atom. The van der Waals surface area contributed by atoms with Crippen LogP contribution >= 0.6 is 0 Å². The van der Waals surface area contributed by atoms with Gasteiger partial charge in [-0.1, -0.05) is 44.2 Å². The molecule has 1 aliphatic rings. The zero-order chi connectivity index (χ0) is 24.3. The fourth-order valence-electron chi connectivity index (χ4n) is 3.84. The molecular formula is C26H27N3O4S. The fourth-order valence-corrected chi connectivity index (χ4v) is 5.43. The predicted octanol–water partition coefficient (Wildman–Crippen LogP) is 4.67. The number of hydrogen-bond acceptors (Lipinski definition) is 4. The molecule has 4 rings (SSSR count). The number of rotatable bonds is 6. The van der Waals surface area contributed by atoms with Crippen LogP contribution in [0.15, 0.2) is 77.7 Å². The number of nitrogens with one attached hydrogen (secondary N) is 2. The first-order valence-electron chi connectivity index (χ1n) is 11.2. The van der Waals surface area contributed by atoms with Crippen molar-refractivity contribution in [2.45, 2.75) is 31.6 Å². The minimum atomic E-state index is -3.83. The summed E-state index contributed by atoms with van der Waals surface area (Å²) in [6.07, 6.45) is 1.57. The van der Waals surface area contributed by atoms with Gasteiger partial charge in [-0.15, -0.1) is 0 Å². The van der Waals surface area contributed by atoms with Crippen LogP contribution in [-0.2, 0) is 21.2 Å². The summed E-state index contributed by atoms with van der Waals surface area (Å²) in [7, 11) is -3.83. The van der Waals surface area contributed by atoms with Crippen molar-refractivity contribution in [2.24, 2.45) is 5.92 Å². The van der Waals surface area contributed by atoms with Gasteiger partial charge in [-0.05, 0) is 60.9 Å². The Bertz CT molecular complexity index is 1340. The molecule has 0 bridgehead atoms. The van der Waals surface area contributed by atoms with Crippen LogP contribution < -0.4 is 14.9 Å². The zero-order valence-electron chi connectivity index (χ0n) is 19.1. The van der Waals surface area contributed by atoms with Crippen LogP contribution in [-0.4, -0.2) is 26.8 Å². The topological polar surface area (TPSA) is 95.6 Å². The number of anilines is 3. The quantitative estimate of drug-likeness (QED) is 0.539. The highest BCUT2D eigenvalue weighted by molar-refractivity contribution is 7.92. The third-order valence-electron chi connectivity index (χ3n) is 5.66. The van der Waals surface area contributed by atoms with E-state index in [4.69, 9.17) is 0 Å². The number of para-hydroxylation sites is 1. The molecule has 1 heterocycles. The second-order valence-electron chi connectivity index (χ2n) is 8.52. The molecule has 8 heteroatoms. The lowest BCUT2D eigenvalue weighted by Gasteiger charge is -2.30. The van der Waals surface area contributed by atoms with Gasteiger partial charge in [0.25, 0.3) is 15.9 Å². The van der Waals surface area contributed by atoms with Crippen LogP contribution in [0.3, 0.4) is 0 Å². The van der Waals surface area contributed by atoms with Crippen molar-refractivity contribution < 1.29 is 18.0 Å². The second kappa shape index (κ2) is 9.69. The van der Waals surface area contributed by atoms with Gasteiger partial charge in [0.1, 0.15) is 0 Å². The fraction of sp³-hybridized carbons (Fsp3) is 0.231. The van der Waals surface area contributed by atoms with E-state index in [-0.39, 0.29) is 22.3 Å². The summed E-state index contributed by atoms with van der Waals surface area (Å²) in [5.74, 6) is -0.737. The van der Waals surface area contributed by atoms with E-state index in [2.05, 4.69) is 10.6 Å². The number of fused-ring (bicyclic) bond motifs is 1. The van der Waals surface area contributed by atoms with E-state index in [0.717, 1.165) is 18.4 Å². The van der Waals surface area contributed by atoms with Gasteiger partial charge in [-0.25, -0.2) is 8.42 Å². The Morgan fingerprint density at radius 1 is 0.882 bits per heavy atom. The van der Waals surface area contributed by atoms with E-state index in [0.29, 0.717) is 23.6 Å². The minimum Gasteiger partial charge on any atom is -0.326 e. The Labute approximate surface area is 199 Å². The molecule has 0 atom stereocenters. The van der Waals surface area contributed by atoms with Gasteiger partial charge in [0, 0.05) is 29.4 Å². The summed E-state index contributed by atoms with van der Waals surface area (Å²) in [6, 6.07) is 20.3. The molecular weight excluding hydrogens is 450 g/mol. The molecule has 34 heavy (non-hydrogen) atoms. The van der Waals surface area contributed by atoms with E-state index in [9.17, 15) is 18.0 Å². The number of nitrogens with zero attached hydrogens (tertiary/aromatic N) is 1. The van der Waals surface area contributed by atoms with Crippen molar-refractivity contribution in [1.29, 1.82) is 0 Å². The van der Waals surface area contributed by atoms with E-state index in [1.807, 2.05) is 24.3 Å². The smallest absolute Gasteiger partial charge is 0.264 e. The monoisotopic (exact) mass is 477 g/mol. The first-order valence-corrected chi connectivity index (χ1v) is 12.6. The lowest BCUT2D eigenvalue weighted by molar-refractivity contribution is -0.118. The van der Waals surface area contributed by atoms with Gasteiger partial charge in [0.15, 0.2) is 0 Å². The molecule has 2 amide bonds. The molecule has 0 spiro atoms. The third-order valence-corrected chi connectivity index (χ3v) is 7.47. The minimum absolute atomic E-state index is 0.0646. The average Bonchev–Trinajstić information content (AvgIpc) is 2.84. The van der Waals surface area contributed by atoms with Crippen LogP contribution in [0.5, 0.6) is 0 Å². The van der Waals surface area contributed by atoms with E-state index in [1.165, 1.54) is 16.4 Å². The van der Waals surface area contributed by atoms with Crippen molar-refractivity contribution in [3.8, 4) is 0 Å². The predicted molar refractivity (Wildman–Crippen MR) is 134 cm³/mol. The third kappa shape index (κ3) is 4.97. The highest BCUT2D eigenvalue weighted by Crippen LogP contribution is 2.32. The summed E-state index contributed by atoms with van der Waals surface area (Å²) in [5.41, 5.74) is 2.96. The normalized spacial score (nSPS) is 13.3. The van der Waals surface area contributed by atoms with Gasteiger partial charge in [0.2, 0.25) is 5.91 Å². The molecule has 0 saturated heterocycles. The SMILES string of the molecule is CC(C)C(=O)Nc1cccc(NC(=O)c2cccc(S(=O)(=O)N3CCCc4ccccc43)c2)c1. The second-order valence-corrected chi connectivity index (χ2v) is 10.4.